The van der Waals surface area contributed by atoms with Gasteiger partial charge in [-0.3, -0.25) is 9.59 Å². The number of nitrogens with one attached hydrogen (secondary N) is 2. The van der Waals surface area contributed by atoms with E-state index in [1.807, 2.05) is 24.3 Å². The molecule has 3 aromatic rings. The van der Waals surface area contributed by atoms with Crippen molar-refractivity contribution in [2.75, 3.05) is 33.1 Å². The van der Waals surface area contributed by atoms with Gasteiger partial charge in [-0.05, 0) is 42.9 Å². The van der Waals surface area contributed by atoms with Crippen molar-refractivity contribution in [3.8, 4) is 11.5 Å². The van der Waals surface area contributed by atoms with Crippen LogP contribution in [0.4, 0.5) is 5.69 Å². The average Bonchev–Trinajstić information content (AvgIpc) is 3.25. The van der Waals surface area contributed by atoms with Crippen LogP contribution in [0.3, 0.4) is 0 Å². The molecule has 172 valence electrons. The molecule has 0 unspecified atom stereocenters. The Labute approximate surface area is 196 Å². The number of aromatic nitrogens is 1. The van der Waals surface area contributed by atoms with Crippen molar-refractivity contribution in [3.05, 3.63) is 69.2 Å². The van der Waals surface area contributed by atoms with E-state index >= 15 is 0 Å². The van der Waals surface area contributed by atoms with Gasteiger partial charge in [-0.2, -0.15) is 0 Å². The Morgan fingerprint density at radius 2 is 1.91 bits per heavy atom. The van der Waals surface area contributed by atoms with E-state index < -0.39 is 0 Å². The van der Waals surface area contributed by atoms with Gasteiger partial charge in [-0.1, -0.05) is 12.1 Å². The normalized spacial score (nSPS) is 13.2. The fraction of sp³-hybridized carbons (Fsp3) is 0.292. The molecule has 0 saturated heterocycles. The molecule has 0 saturated carbocycles. The van der Waals surface area contributed by atoms with Gasteiger partial charge in [0.15, 0.2) is 16.5 Å². The number of fused-ring (bicyclic) bond motifs is 1. The molecule has 0 aliphatic carbocycles. The summed E-state index contributed by atoms with van der Waals surface area (Å²) in [5.41, 5.74) is 3.01. The van der Waals surface area contributed by atoms with Crippen molar-refractivity contribution in [2.45, 2.75) is 19.5 Å². The lowest BCUT2D eigenvalue weighted by molar-refractivity contribution is 0.0949. The quantitative estimate of drug-likeness (QED) is 0.555. The van der Waals surface area contributed by atoms with E-state index in [9.17, 15) is 9.59 Å². The number of thiazole rings is 1. The van der Waals surface area contributed by atoms with Crippen LogP contribution in [0.5, 0.6) is 11.5 Å². The first-order valence-corrected chi connectivity index (χ1v) is 11.4. The number of hydrogen-bond donors (Lipinski definition) is 2. The molecule has 1 aliphatic heterocycles. The van der Waals surface area contributed by atoms with Crippen LogP contribution in [0.1, 0.15) is 36.3 Å². The Morgan fingerprint density at radius 1 is 1.09 bits per heavy atom. The van der Waals surface area contributed by atoms with Gasteiger partial charge in [-0.25, -0.2) is 4.98 Å². The number of nitrogens with zero attached hydrogens (tertiary/aromatic N) is 2. The molecule has 0 atom stereocenters. The Hall–Kier alpha value is -3.43. The summed E-state index contributed by atoms with van der Waals surface area (Å²) in [6, 6.07) is 12.4. The number of ether oxygens (including phenoxy) is 2. The maximum Gasteiger partial charge on any atom is 0.284 e. The lowest BCUT2D eigenvalue weighted by atomic mass is 10.1. The van der Waals surface area contributed by atoms with Crippen molar-refractivity contribution in [2.24, 2.45) is 0 Å². The standard InChI is InChI=1S/C24H26N4O4S/c1-28-10-9-18-21(14-28)33-24(27-18)23(30)26-17-6-4-5-15(11-17)13-25-22(29)16-7-8-19(31-2)20(12-16)32-3/h4-8,11-12H,9-10,13-14H2,1-3H3,(H,25,29)(H,26,30). The van der Waals surface area contributed by atoms with E-state index in [4.69, 9.17) is 9.47 Å². The molecule has 2 aromatic carbocycles. The number of likely N-dealkylation sites (N-methyl/N-ethyl adjacent to an activating group) is 1. The molecule has 1 aromatic heterocycles. The third-order valence-electron chi connectivity index (χ3n) is 5.40. The van der Waals surface area contributed by atoms with Crippen LogP contribution in [0.15, 0.2) is 42.5 Å². The Kier molecular flexibility index (Phi) is 6.90. The Bertz CT molecular complexity index is 1180. The van der Waals surface area contributed by atoms with Gasteiger partial charge in [0, 0.05) is 42.2 Å². The van der Waals surface area contributed by atoms with Crippen LogP contribution in [0.25, 0.3) is 0 Å². The highest BCUT2D eigenvalue weighted by molar-refractivity contribution is 7.13. The molecule has 1 aliphatic rings. The van der Waals surface area contributed by atoms with Gasteiger partial charge in [-0.15, -0.1) is 11.3 Å². The summed E-state index contributed by atoms with van der Waals surface area (Å²) in [5.74, 6) is 0.600. The van der Waals surface area contributed by atoms with Gasteiger partial charge >= 0.3 is 0 Å². The second-order valence-electron chi connectivity index (χ2n) is 7.78. The van der Waals surface area contributed by atoms with Gasteiger partial charge in [0.25, 0.3) is 11.8 Å². The molecule has 0 bridgehead atoms. The SMILES string of the molecule is COc1ccc(C(=O)NCc2cccc(NC(=O)c3nc4c(s3)CN(C)CC4)c2)cc1OC. The summed E-state index contributed by atoms with van der Waals surface area (Å²) in [5, 5.41) is 6.28. The Morgan fingerprint density at radius 3 is 2.70 bits per heavy atom. The summed E-state index contributed by atoms with van der Waals surface area (Å²) in [6.45, 7) is 2.10. The highest BCUT2D eigenvalue weighted by Gasteiger charge is 2.21. The number of carbonyl (C=O) groups excluding carboxylic acids is 2. The Balaban J connectivity index is 1.38. The summed E-state index contributed by atoms with van der Waals surface area (Å²) in [7, 11) is 5.14. The second kappa shape index (κ2) is 10.0. The molecule has 0 spiro atoms. The zero-order valence-electron chi connectivity index (χ0n) is 18.8. The van der Waals surface area contributed by atoms with Gasteiger partial charge < -0.3 is 25.0 Å². The molecule has 0 fully saturated rings. The third kappa shape index (κ3) is 5.32. The zero-order valence-corrected chi connectivity index (χ0v) is 19.6. The van der Waals surface area contributed by atoms with Crippen LogP contribution >= 0.6 is 11.3 Å². The van der Waals surface area contributed by atoms with Crippen LogP contribution in [0.2, 0.25) is 0 Å². The molecule has 33 heavy (non-hydrogen) atoms. The summed E-state index contributed by atoms with van der Waals surface area (Å²) in [6.07, 6.45) is 0.866. The molecule has 2 amide bonds. The number of benzene rings is 2. The third-order valence-corrected chi connectivity index (χ3v) is 6.48. The fourth-order valence-corrected chi connectivity index (χ4v) is 4.71. The predicted molar refractivity (Wildman–Crippen MR) is 127 cm³/mol. The number of anilines is 1. The summed E-state index contributed by atoms with van der Waals surface area (Å²) >= 11 is 1.45. The second-order valence-corrected chi connectivity index (χ2v) is 8.87. The van der Waals surface area contributed by atoms with E-state index in [1.54, 1.807) is 25.3 Å². The zero-order chi connectivity index (χ0) is 23.4. The lowest BCUT2D eigenvalue weighted by Crippen LogP contribution is -2.25. The molecule has 2 N–H and O–H groups in total. The highest BCUT2D eigenvalue weighted by atomic mass is 32.1. The molecule has 9 heteroatoms. The van der Waals surface area contributed by atoms with Gasteiger partial charge in [0.2, 0.25) is 0 Å². The van der Waals surface area contributed by atoms with Crippen molar-refractivity contribution < 1.29 is 19.1 Å². The number of rotatable bonds is 7. The predicted octanol–water partition coefficient (Wildman–Crippen LogP) is 3.33. The summed E-state index contributed by atoms with van der Waals surface area (Å²) < 4.78 is 10.5. The van der Waals surface area contributed by atoms with E-state index in [-0.39, 0.29) is 11.8 Å². The molecule has 0 radical (unpaired) electrons. The molecule has 8 nitrogen and oxygen atoms in total. The van der Waals surface area contributed by atoms with Crippen molar-refractivity contribution in [1.82, 2.24) is 15.2 Å². The maximum atomic E-state index is 12.7. The first-order valence-electron chi connectivity index (χ1n) is 10.5. The van der Waals surface area contributed by atoms with Crippen molar-refractivity contribution >= 4 is 28.8 Å². The smallest absolute Gasteiger partial charge is 0.284 e. The minimum Gasteiger partial charge on any atom is -0.493 e. The minimum atomic E-state index is -0.233. The molecule has 4 rings (SSSR count). The number of amides is 2. The fourth-order valence-electron chi connectivity index (χ4n) is 3.63. The van der Waals surface area contributed by atoms with Crippen molar-refractivity contribution in [1.29, 1.82) is 0 Å². The topological polar surface area (TPSA) is 92.8 Å². The number of methoxy groups -OCH3 is 2. The first kappa shape index (κ1) is 22.8. The van der Waals surface area contributed by atoms with Crippen LogP contribution in [-0.2, 0) is 19.5 Å². The van der Waals surface area contributed by atoms with E-state index in [1.165, 1.54) is 18.4 Å². The number of hydrogen-bond acceptors (Lipinski definition) is 7. The summed E-state index contributed by atoms with van der Waals surface area (Å²) in [4.78, 5) is 33.2. The average molecular weight is 467 g/mol. The highest BCUT2D eigenvalue weighted by Crippen LogP contribution is 2.28. The first-order chi connectivity index (χ1) is 16.0. The monoisotopic (exact) mass is 466 g/mol. The van der Waals surface area contributed by atoms with Crippen molar-refractivity contribution in [3.63, 3.8) is 0 Å². The van der Waals surface area contributed by atoms with Gasteiger partial charge in [0.05, 0.1) is 19.9 Å². The van der Waals surface area contributed by atoms with E-state index in [0.29, 0.717) is 34.3 Å². The minimum absolute atomic E-state index is 0.219. The lowest BCUT2D eigenvalue weighted by Gasteiger charge is -2.20. The molecule has 2 heterocycles. The largest absolute Gasteiger partial charge is 0.493 e. The molecular weight excluding hydrogens is 440 g/mol. The van der Waals surface area contributed by atoms with Crippen LogP contribution < -0.4 is 20.1 Å². The molecular formula is C24H26N4O4S. The van der Waals surface area contributed by atoms with E-state index in [0.717, 1.165) is 35.6 Å². The number of carbonyl (C=O) groups is 2. The van der Waals surface area contributed by atoms with E-state index in [2.05, 4.69) is 27.6 Å². The van der Waals surface area contributed by atoms with Crippen LogP contribution in [0, 0.1) is 0 Å². The maximum absolute atomic E-state index is 12.7. The van der Waals surface area contributed by atoms with Crippen LogP contribution in [-0.4, -0.2) is 49.5 Å². The van der Waals surface area contributed by atoms with Gasteiger partial charge in [0.1, 0.15) is 0 Å².